The Hall–Kier alpha value is -1.00. The van der Waals surface area contributed by atoms with Crippen LogP contribution in [0.4, 0.5) is 8.78 Å². The van der Waals surface area contributed by atoms with Gasteiger partial charge in [0, 0.05) is 0 Å². The fraction of sp³-hybridized carbons (Fsp3) is 0.455. The molecule has 15 heavy (non-hydrogen) atoms. The zero-order valence-electron chi connectivity index (χ0n) is 8.49. The first kappa shape index (κ1) is 12.1. The Balaban J connectivity index is 2.32. The van der Waals surface area contributed by atoms with Crippen LogP contribution in [0, 0.1) is 0 Å². The summed E-state index contributed by atoms with van der Waals surface area (Å²) in [7, 11) is 0. The maximum absolute atomic E-state index is 12.5. The zero-order valence-corrected chi connectivity index (χ0v) is 8.49. The van der Waals surface area contributed by atoms with Gasteiger partial charge in [-0.3, -0.25) is 0 Å². The highest BCUT2D eigenvalue weighted by Crippen LogP contribution is 2.19. The lowest BCUT2D eigenvalue weighted by Gasteiger charge is -2.16. The second-order valence-corrected chi connectivity index (χ2v) is 3.53. The van der Waals surface area contributed by atoms with Crippen molar-refractivity contribution in [2.24, 2.45) is 0 Å². The van der Waals surface area contributed by atoms with E-state index < -0.39 is 18.6 Å². The van der Waals surface area contributed by atoms with E-state index in [9.17, 15) is 8.78 Å². The summed E-state index contributed by atoms with van der Waals surface area (Å²) < 4.78 is 29.8. The lowest BCUT2D eigenvalue weighted by molar-refractivity contribution is -0.153. The molecule has 0 aliphatic carbocycles. The number of hydrogen-bond donors (Lipinski definition) is 1. The second kappa shape index (κ2) is 5.19. The number of hydrogen-bond acceptors (Lipinski definition) is 2. The van der Waals surface area contributed by atoms with Crippen LogP contribution in [0.25, 0.3) is 0 Å². The lowest BCUT2D eigenvalue weighted by atomic mass is 10.2. The quantitative estimate of drug-likeness (QED) is 0.766. The first-order valence-electron chi connectivity index (χ1n) is 4.69. The SMILES string of the molecule is CC(F)(F)CC(O)OCc1ccccc1. The molecule has 84 valence electrons. The maximum Gasteiger partial charge on any atom is 0.250 e. The van der Waals surface area contributed by atoms with E-state index in [1.165, 1.54) is 0 Å². The van der Waals surface area contributed by atoms with Crippen LogP contribution in [0.1, 0.15) is 18.9 Å². The molecule has 0 aliphatic rings. The van der Waals surface area contributed by atoms with Gasteiger partial charge in [0.15, 0.2) is 6.29 Å². The Morgan fingerprint density at radius 1 is 1.33 bits per heavy atom. The standard InChI is InChI=1S/C11H14F2O2/c1-11(12,13)7-10(14)15-8-9-5-3-2-4-6-9/h2-6,10,14H,7-8H2,1H3. The van der Waals surface area contributed by atoms with E-state index in [1.54, 1.807) is 12.1 Å². The number of aliphatic hydroxyl groups is 1. The summed E-state index contributed by atoms with van der Waals surface area (Å²) in [5, 5.41) is 9.14. The molecule has 0 saturated carbocycles. The fourth-order valence-electron chi connectivity index (χ4n) is 1.13. The topological polar surface area (TPSA) is 29.5 Å². The number of rotatable bonds is 5. The largest absolute Gasteiger partial charge is 0.368 e. The van der Waals surface area contributed by atoms with E-state index in [0.717, 1.165) is 12.5 Å². The fourth-order valence-corrected chi connectivity index (χ4v) is 1.13. The third kappa shape index (κ3) is 5.44. The molecule has 1 aromatic carbocycles. The highest BCUT2D eigenvalue weighted by Gasteiger charge is 2.25. The van der Waals surface area contributed by atoms with Crippen LogP contribution in [-0.2, 0) is 11.3 Å². The van der Waals surface area contributed by atoms with E-state index in [-0.39, 0.29) is 6.61 Å². The summed E-state index contributed by atoms with van der Waals surface area (Å²) in [6.07, 6.45) is -2.11. The molecule has 1 aromatic rings. The van der Waals surface area contributed by atoms with Crippen molar-refractivity contribution in [2.75, 3.05) is 0 Å². The normalized spacial score (nSPS) is 13.9. The summed E-state index contributed by atoms with van der Waals surface area (Å²) in [4.78, 5) is 0. The lowest BCUT2D eigenvalue weighted by Crippen LogP contribution is -2.22. The van der Waals surface area contributed by atoms with E-state index in [1.807, 2.05) is 18.2 Å². The van der Waals surface area contributed by atoms with Crippen molar-refractivity contribution in [1.29, 1.82) is 0 Å². The highest BCUT2D eigenvalue weighted by molar-refractivity contribution is 5.13. The number of benzene rings is 1. The molecule has 1 rings (SSSR count). The van der Waals surface area contributed by atoms with Crippen molar-refractivity contribution in [2.45, 2.75) is 32.2 Å². The van der Waals surface area contributed by atoms with Crippen LogP contribution in [0.15, 0.2) is 30.3 Å². The minimum atomic E-state index is -2.91. The van der Waals surface area contributed by atoms with E-state index >= 15 is 0 Å². The average Bonchev–Trinajstić information content (AvgIpc) is 2.14. The molecule has 1 N–H and O–H groups in total. The Bertz CT molecular complexity index is 282. The molecule has 2 nitrogen and oxygen atoms in total. The van der Waals surface area contributed by atoms with Gasteiger partial charge >= 0.3 is 0 Å². The van der Waals surface area contributed by atoms with Crippen molar-refractivity contribution >= 4 is 0 Å². The zero-order chi connectivity index (χ0) is 11.3. The van der Waals surface area contributed by atoms with E-state index in [4.69, 9.17) is 9.84 Å². The molecular weight excluding hydrogens is 202 g/mol. The van der Waals surface area contributed by atoms with Gasteiger partial charge in [0.2, 0.25) is 5.92 Å². The van der Waals surface area contributed by atoms with Gasteiger partial charge in [0.05, 0.1) is 13.0 Å². The van der Waals surface area contributed by atoms with Crippen LogP contribution < -0.4 is 0 Å². The molecule has 0 aliphatic heterocycles. The van der Waals surface area contributed by atoms with Crippen molar-refractivity contribution in [3.8, 4) is 0 Å². The molecule has 0 radical (unpaired) electrons. The summed E-state index contributed by atoms with van der Waals surface area (Å²) >= 11 is 0. The Labute approximate surface area is 87.5 Å². The molecule has 0 fully saturated rings. The number of alkyl halides is 2. The van der Waals surface area contributed by atoms with Gasteiger partial charge in [0.25, 0.3) is 0 Å². The molecule has 0 amide bonds. The predicted octanol–water partition coefficient (Wildman–Crippen LogP) is 2.57. The number of ether oxygens (including phenoxy) is 1. The molecule has 1 unspecified atom stereocenters. The summed E-state index contributed by atoms with van der Waals surface area (Å²) in [6, 6.07) is 9.09. The molecule has 0 heterocycles. The molecule has 0 saturated heterocycles. The third-order valence-electron chi connectivity index (χ3n) is 1.82. The Morgan fingerprint density at radius 3 is 2.47 bits per heavy atom. The van der Waals surface area contributed by atoms with Gasteiger partial charge in [-0.2, -0.15) is 0 Å². The second-order valence-electron chi connectivity index (χ2n) is 3.53. The van der Waals surface area contributed by atoms with Crippen LogP contribution in [0.5, 0.6) is 0 Å². The monoisotopic (exact) mass is 216 g/mol. The van der Waals surface area contributed by atoms with Crippen LogP contribution >= 0.6 is 0 Å². The van der Waals surface area contributed by atoms with Gasteiger partial charge in [-0.05, 0) is 12.5 Å². The summed E-state index contributed by atoms with van der Waals surface area (Å²) in [5.41, 5.74) is 0.843. The van der Waals surface area contributed by atoms with Crippen LogP contribution in [-0.4, -0.2) is 17.3 Å². The molecule has 0 aromatic heterocycles. The minimum Gasteiger partial charge on any atom is -0.368 e. The highest BCUT2D eigenvalue weighted by atomic mass is 19.3. The summed E-state index contributed by atoms with van der Waals surface area (Å²) in [5.74, 6) is -2.91. The number of aliphatic hydroxyl groups excluding tert-OH is 1. The smallest absolute Gasteiger partial charge is 0.250 e. The molecule has 4 heteroatoms. The van der Waals surface area contributed by atoms with Crippen LogP contribution in [0.2, 0.25) is 0 Å². The van der Waals surface area contributed by atoms with Gasteiger partial charge in [-0.15, -0.1) is 0 Å². The van der Waals surface area contributed by atoms with Gasteiger partial charge in [0.1, 0.15) is 0 Å². The van der Waals surface area contributed by atoms with Gasteiger partial charge < -0.3 is 9.84 Å². The van der Waals surface area contributed by atoms with Crippen molar-refractivity contribution in [3.05, 3.63) is 35.9 Å². The average molecular weight is 216 g/mol. The molecule has 0 bridgehead atoms. The molecular formula is C11H14F2O2. The Kier molecular flexibility index (Phi) is 4.17. The van der Waals surface area contributed by atoms with Crippen molar-refractivity contribution in [3.63, 3.8) is 0 Å². The minimum absolute atomic E-state index is 0.137. The third-order valence-corrected chi connectivity index (χ3v) is 1.82. The maximum atomic E-state index is 12.5. The molecule has 0 spiro atoms. The van der Waals surface area contributed by atoms with E-state index in [0.29, 0.717) is 0 Å². The van der Waals surface area contributed by atoms with Gasteiger partial charge in [-0.1, -0.05) is 30.3 Å². The van der Waals surface area contributed by atoms with Crippen LogP contribution in [0.3, 0.4) is 0 Å². The predicted molar refractivity (Wildman–Crippen MR) is 52.5 cm³/mol. The first-order valence-corrected chi connectivity index (χ1v) is 4.69. The molecule has 1 atom stereocenters. The van der Waals surface area contributed by atoms with Gasteiger partial charge in [-0.25, -0.2) is 8.78 Å². The van der Waals surface area contributed by atoms with Crippen molar-refractivity contribution < 1.29 is 18.6 Å². The van der Waals surface area contributed by atoms with E-state index in [2.05, 4.69) is 0 Å². The summed E-state index contributed by atoms with van der Waals surface area (Å²) in [6.45, 7) is 0.889. The number of halogens is 2. The first-order chi connectivity index (χ1) is 6.97. The van der Waals surface area contributed by atoms with Crippen molar-refractivity contribution in [1.82, 2.24) is 0 Å². The Morgan fingerprint density at radius 2 is 1.93 bits per heavy atom.